The second kappa shape index (κ2) is 4.64. The quantitative estimate of drug-likeness (QED) is 0.715. The minimum atomic E-state index is -0.317. The molecule has 0 atom stereocenters. The first-order valence-corrected chi connectivity index (χ1v) is 4.62. The smallest absolute Gasteiger partial charge is 0.124 e. The monoisotopic (exact) mass is 218 g/mol. The number of rotatable bonds is 3. The van der Waals surface area contributed by atoms with Crippen LogP contribution in [-0.4, -0.2) is 0 Å². The van der Waals surface area contributed by atoms with Gasteiger partial charge >= 0.3 is 0 Å². The van der Waals surface area contributed by atoms with Gasteiger partial charge in [-0.25, -0.2) is 4.39 Å². The number of halogens is 3. The lowest BCUT2D eigenvalue weighted by Crippen LogP contribution is -1.87. The van der Waals surface area contributed by atoms with Crippen molar-refractivity contribution in [1.29, 1.82) is 0 Å². The predicted molar refractivity (Wildman–Crippen MR) is 54.7 cm³/mol. The molecule has 0 saturated heterocycles. The highest BCUT2D eigenvalue weighted by Crippen LogP contribution is 2.17. The summed E-state index contributed by atoms with van der Waals surface area (Å²) in [5.41, 5.74) is 0.840. The first-order chi connectivity index (χ1) is 6.08. The van der Waals surface area contributed by atoms with Crippen LogP contribution < -0.4 is 0 Å². The van der Waals surface area contributed by atoms with Crippen LogP contribution in [0.2, 0.25) is 5.02 Å². The van der Waals surface area contributed by atoms with E-state index in [2.05, 4.69) is 6.58 Å². The van der Waals surface area contributed by atoms with E-state index in [4.69, 9.17) is 23.2 Å². The van der Waals surface area contributed by atoms with Crippen molar-refractivity contribution in [2.75, 3.05) is 0 Å². The Hall–Kier alpha value is -0.530. The predicted octanol–water partition coefficient (Wildman–Crippen LogP) is 4.16. The molecule has 0 unspecified atom stereocenters. The molecule has 1 aromatic rings. The lowest BCUT2D eigenvalue weighted by molar-refractivity contribution is 0.625. The van der Waals surface area contributed by atoms with Gasteiger partial charge in [0.1, 0.15) is 5.82 Å². The molecule has 0 spiro atoms. The summed E-state index contributed by atoms with van der Waals surface area (Å²) in [4.78, 5) is 0. The van der Waals surface area contributed by atoms with Crippen LogP contribution in [-0.2, 0) is 6.42 Å². The fourth-order valence-electron chi connectivity index (χ4n) is 1.04. The van der Waals surface area contributed by atoms with Crippen molar-refractivity contribution >= 4 is 23.2 Å². The maximum absolute atomic E-state index is 12.8. The number of aryl methyl sites for hydroxylation is 1. The Bertz CT molecular complexity index is 300. The van der Waals surface area contributed by atoms with Crippen molar-refractivity contribution in [2.24, 2.45) is 0 Å². The molecule has 0 bridgehead atoms. The standard InChI is InChI=1S/C10H9Cl2F/c1-7(11)2-3-8-4-9(12)6-10(13)5-8/h4-6H,1-3H2. The third-order valence-electron chi connectivity index (χ3n) is 1.61. The molecule has 0 nitrogen and oxygen atoms in total. The van der Waals surface area contributed by atoms with Gasteiger partial charge in [-0.1, -0.05) is 29.8 Å². The van der Waals surface area contributed by atoms with Crippen LogP contribution in [0.1, 0.15) is 12.0 Å². The topological polar surface area (TPSA) is 0 Å². The number of hydrogen-bond donors (Lipinski definition) is 0. The van der Waals surface area contributed by atoms with E-state index in [-0.39, 0.29) is 5.82 Å². The maximum Gasteiger partial charge on any atom is 0.124 e. The molecular formula is C10H9Cl2F. The molecule has 0 heterocycles. The summed E-state index contributed by atoms with van der Waals surface area (Å²) in [6, 6.07) is 4.46. The molecule has 13 heavy (non-hydrogen) atoms. The summed E-state index contributed by atoms with van der Waals surface area (Å²) in [5.74, 6) is -0.317. The van der Waals surface area contributed by atoms with Gasteiger partial charge in [0.2, 0.25) is 0 Å². The van der Waals surface area contributed by atoms with E-state index in [1.54, 1.807) is 6.07 Å². The minimum Gasteiger partial charge on any atom is -0.207 e. The summed E-state index contributed by atoms with van der Waals surface area (Å²) in [6.07, 6.45) is 1.31. The van der Waals surface area contributed by atoms with Crippen molar-refractivity contribution in [3.05, 3.63) is 46.2 Å². The molecule has 0 aromatic heterocycles. The molecule has 0 aliphatic rings. The van der Waals surface area contributed by atoms with Crippen LogP contribution in [0, 0.1) is 5.82 Å². The zero-order valence-electron chi connectivity index (χ0n) is 6.99. The molecule has 0 saturated carbocycles. The summed E-state index contributed by atoms with van der Waals surface area (Å²) < 4.78 is 12.8. The third kappa shape index (κ3) is 3.79. The number of benzene rings is 1. The highest BCUT2D eigenvalue weighted by atomic mass is 35.5. The Kier molecular flexibility index (Phi) is 3.76. The van der Waals surface area contributed by atoms with E-state index in [0.29, 0.717) is 22.9 Å². The van der Waals surface area contributed by atoms with Crippen LogP contribution in [0.25, 0.3) is 0 Å². The Morgan fingerprint density at radius 1 is 1.38 bits per heavy atom. The molecule has 0 radical (unpaired) electrons. The molecular weight excluding hydrogens is 210 g/mol. The van der Waals surface area contributed by atoms with Gasteiger partial charge in [-0.05, 0) is 36.6 Å². The van der Waals surface area contributed by atoms with E-state index in [1.807, 2.05) is 0 Å². The van der Waals surface area contributed by atoms with E-state index >= 15 is 0 Å². The van der Waals surface area contributed by atoms with Crippen LogP contribution in [0.5, 0.6) is 0 Å². The van der Waals surface area contributed by atoms with Gasteiger partial charge in [0.25, 0.3) is 0 Å². The van der Waals surface area contributed by atoms with Crippen LogP contribution >= 0.6 is 23.2 Å². The van der Waals surface area contributed by atoms with E-state index in [1.165, 1.54) is 12.1 Å². The van der Waals surface area contributed by atoms with Gasteiger partial charge < -0.3 is 0 Å². The highest BCUT2D eigenvalue weighted by molar-refractivity contribution is 6.30. The number of hydrogen-bond acceptors (Lipinski definition) is 0. The molecule has 0 aliphatic heterocycles. The molecule has 3 heteroatoms. The van der Waals surface area contributed by atoms with E-state index < -0.39 is 0 Å². The Balaban J connectivity index is 2.71. The number of allylic oxidation sites excluding steroid dienone is 1. The zero-order chi connectivity index (χ0) is 9.84. The van der Waals surface area contributed by atoms with Crippen molar-refractivity contribution in [2.45, 2.75) is 12.8 Å². The SMILES string of the molecule is C=C(Cl)CCc1cc(F)cc(Cl)c1. The molecule has 70 valence electrons. The van der Waals surface area contributed by atoms with Crippen LogP contribution in [0.3, 0.4) is 0 Å². The molecule has 0 amide bonds. The molecule has 0 N–H and O–H groups in total. The first kappa shape index (κ1) is 10.6. The second-order valence-corrected chi connectivity index (χ2v) is 3.77. The lowest BCUT2D eigenvalue weighted by atomic mass is 10.1. The van der Waals surface area contributed by atoms with Crippen LogP contribution in [0.15, 0.2) is 29.8 Å². The van der Waals surface area contributed by atoms with Crippen LogP contribution in [0.4, 0.5) is 4.39 Å². The first-order valence-electron chi connectivity index (χ1n) is 3.86. The fraction of sp³-hybridized carbons (Fsp3) is 0.200. The zero-order valence-corrected chi connectivity index (χ0v) is 8.50. The largest absolute Gasteiger partial charge is 0.207 e. The third-order valence-corrected chi connectivity index (χ3v) is 2.01. The van der Waals surface area contributed by atoms with Gasteiger partial charge in [0, 0.05) is 10.1 Å². The lowest BCUT2D eigenvalue weighted by Gasteiger charge is -2.01. The summed E-state index contributed by atoms with van der Waals surface area (Å²) in [7, 11) is 0. The van der Waals surface area contributed by atoms with Gasteiger partial charge in [0.05, 0.1) is 0 Å². The minimum absolute atomic E-state index is 0.317. The maximum atomic E-state index is 12.8. The molecule has 0 fully saturated rings. The highest BCUT2D eigenvalue weighted by Gasteiger charge is 1.99. The average molecular weight is 219 g/mol. The summed E-state index contributed by atoms with van der Waals surface area (Å²) >= 11 is 11.3. The second-order valence-electron chi connectivity index (χ2n) is 2.79. The van der Waals surface area contributed by atoms with Gasteiger partial charge in [-0.15, -0.1) is 0 Å². The van der Waals surface area contributed by atoms with E-state index in [9.17, 15) is 4.39 Å². The van der Waals surface area contributed by atoms with Crippen molar-refractivity contribution in [1.82, 2.24) is 0 Å². The van der Waals surface area contributed by atoms with Gasteiger partial charge in [-0.2, -0.15) is 0 Å². The molecule has 0 aliphatic carbocycles. The van der Waals surface area contributed by atoms with E-state index in [0.717, 1.165) is 5.56 Å². The van der Waals surface area contributed by atoms with Gasteiger partial charge in [0.15, 0.2) is 0 Å². The van der Waals surface area contributed by atoms with Crippen molar-refractivity contribution in [3.63, 3.8) is 0 Å². The Labute approximate surface area is 87.0 Å². The van der Waals surface area contributed by atoms with Crippen molar-refractivity contribution < 1.29 is 4.39 Å². The Morgan fingerprint density at radius 2 is 2.08 bits per heavy atom. The average Bonchev–Trinajstić information content (AvgIpc) is 1.99. The molecule has 1 rings (SSSR count). The fourth-order valence-corrected chi connectivity index (χ4v) is 1.37. The molecule has 1 aromatic carbocycles. The summed E-state index contributed by atoms with van der Waals surface area (Å²) in [5, 5.41) is 0.982. The Morgan fingerprint density at radius 3 is 2.62 bits per heavy atom. The van der Waals surface area contributed by atoms with Gasteiger partial charge in [-0.3, -0.25) is 0 Å². The summed E-state index contributed by atoms with van der Waals surface area (Å²) in [6.45, 7) is 3.55. The normalized spacial score (nSPS) is 10.1. The van der Waals surface area contributed by atoms with Crippen molar-refractivity contribution in [3.8, 4) is 0 Å².